The average molecular weight is 287 g/mol. The maximum Gasteiger partial charge on any atom is 0.257 e. The molecule has 2 aromatic heterocycles. The first kappa shape index (κ1) is 13.8. The van der Waals surface area contributed by atoms with Crippen LogP contribution in [0.1, 0.15) is 32.1 Å². The molecule has 21 heavy (non-hydrogen) atoms. The Hall–Kier alpha value is -2.18. The second-order valence-electron chi connectivity index (χ2n) is 5.36. The van der Waals surface area contributed by atoms with E-state index in [4.69, 9.17) is 0 Å². The SMILES string of the molecule is CNc1nc(N(C)C2CCCCC2)nc(-n2cccn2)n1. The van der Waals surface area contributed by atoms with Crippen LogP contribution in [0.3, 0.4) is 0 Å². The fraction of sp³-hybridized carbons (Fsp3) is 0.571. The largest absolute Gasteiger partial charge is 0.357 e. The van der Waals surface area contributed by atoms with Gasteiger partial charge in [-0.2, -0.15) is 20.1 Å². The predicted molar refractivity (Wildman–Crippen MR) is 81.8 cm³/mol. The third-order valence-corrected chi connectivity index (χ3v) is 3.98. The van der Waals surface area contributed by atoms with Crippen molar-refractivity contribution in [1.82, 2.24) is 24.7 Å². The summed E-state index contributed by atoms with van der Waals surface area (Å²) in [5.41, 5.74) is 0. The summed E-state index contributed by atoms with van der Waals surface area (Å²) >= 11 is 0. The molecule has 0 bridgehead atoms. The summed E-state index contributed by atoms with van der Waals surface area (Å²) in [6.45, 7) is 0. The molecule has 7 nitrogen and oxygen atoms in total. The van der Waals surface area contributed by atoms with Crippen LogP contribution in [0.15, 0.2) is 18.5 Å². The molecule has 1 saturated carbocycles. The number of hydrogen-bond acceptors (Lipinski definition) is 6. The van der Waals surface area contributed by atoms with Crippen molar-refractivity contribution >= 4 is 11.9 Å². The van der Waals surface area contributed by atoms with Crippen LogP contribution >= 0.6 is 0 Å². The molecule has 1 fully saturated rings. The van der Waals surface area contributed by atoms with Gasteiger partial charge in [-0.1, -0.05) is 19.3 Å². The standard InChI is InChI=1S/C14H21N7/c1-15-12-17-13(20(2)11-7-4-3-5-8-11)19-14(18-12)21-10-6-9-16-21/h6,9-11H,3-5,7-8H2,1-2H3,(H,15,17,18,19). The summed E-state index contributed by atoms with van der Waals surface area (Å²) < 4.78 is 1.65. The van der Waals surface area contributed by atoms with Gasteiger partial charge in [-0.15, -0.1) is 0 Å². The highest BCUT2D eigenvalue weighted by Gasteiger charge is 2.21. The van der Waals surface area contributed by atoms with E-state index in [-0.39, 0.29) is 0 Å². The molecule has 0 spiro atoms. The molecular formula is C14H21N7. The fourth-order valence-corrected chi connectivity index (χ4v) is 2.74. The number of aromatic nitrogens is 5. The Kier molecular flexibility index (Phi) is 3.98. The van der Waals surface area contributed by atoms with Crippen molar-refractivity contribution in [1.29, 1.82) is 0 Å². The van der Waals surface area contributed by atoms with Crippen molar-refractivity contribution in [3.8, 4) is 5.95 Å². The van der Waals surface area contributed by atoms with Crippen LogP contribution in [0, 0.1) is 0 Å². The third kappa shape index (κ3) is 2.96. The smallest absolute Gasteiger partial charge is 0.257 e. The minimum atomic E-state index is 0.510. The van der Waals surface area contributed by atoms with Crippen LogP contribution in [0.4, 0.5) is 11.9 Å². The van der Waals surface area contributed by atoms with Crippen molar-refractivity contribution in [2.75, 3.05) is 24.3 Å². The predicted octanol–water partition coefficient (Wildman–Crippen LogP) is 1.87. The maximum atomic E-state index is 4.56. The van der Waals surface area contributed by atoms with Crippen molar-refractivity contribution in [2.45, 2.75) is 38.1 Å². The molecule has 3 rings (SSSR count). The Morgan fingerprint density at radius 2 is 2.00 bits per heavy atom. The van der Waals surface area contributed by atoms with E-state index < -0.39 is 0 Å². The summed E-state index contributed by atoms with van der Waals surface area (Å²) in [6, 6.07) is 2.37. The van der Waals surface area contributed by atoms with Gasteiger partial charge in [-0.25, -0.2) is 4.68 Å². The van der Waals surface area contributed by atoms with Crippen molar-refractivity contribution < 1.29 is 0 Å². The first-order valence-electron chi connectivity index (χ1n) is 7.44. The molecular weight excluding hydrogens is 266 g/mol. The van der Waals surface area contributed by atoms with Crippen LogP contribution in [0.2, 0.25) is 0 Å². The zero-order valence-electron chi connectivity index (χ0n) is 12.5. The molecule has 112 valence electrons. The van der Waals surface area contributed by atoms with Gasteiger partial charge in [-0.3, -0.25) is 0 Å². The van der Waals surface area contributed by atoms with E-state index in [0.717, 1.165) is 0 Å². The Labute approximate surface area is 124 Å². The molecule has 0 aromatic carbocycles. The van der Waals surface area contributed by atoms with Gasteiger partial charge < -0.3 is 10.2 Å². The molecule has 0 amide bonds. The van der Waals surface area contributed by atoms with Gasteiger partial charge in [0.25, 0.3) is 5.95 Å². The monoisotopic (exact) mass is 287 g/mol. The van der Waals surface area contributed by atoms with Crippen molar-refractivity contribution in [3.63, 3.8) is 0 Å². The third-order valence-electron chi connectivity index (χ3n) is 3.98. The zero-order chi connectivity index (χ0) is 14.7. The van der Waals surface area contributed by atoms with Crippen LogP contribution < -0.4 is 10.2 Å². The topological polar surface area (TPSA) is 71.8 Å². The molecule has 0 unspecified atom stereocenters. The molecule has 2 aromatic rings. The second kappa shape index (κ2) is 6.07. The van der Waals surface area contributed by atoms with E-state index in [1.807, 2.05) is 19.3 Å². The van der Waals surface area contributed by atoms with Gasteiger partial charge in [0.05, 0.1) is 0 Å². The number of anilines is 2. The Bertz CT molecular complexity index is 575. The van der Waals surface area contributed by atoms with Gasteiger partial charge in [0.15, 0.2) is 0 Å². The quantitative estimate of drug-likeness (QED) is 0.925. The summed E-state index contributed by atoms with van der Waals surface area (Å²) in [6.07, 6.45) is 9.85. The molecule has 0 aliphatic heterocycles. The molecule has 0 atom stereocenters. The molecule has 2 heterocycles. The second-order valence-corrected chi connectivity index (χ2v) is 5.36. The van der Waals surface area contributed by atoms with Gasteiger partial charge in [0.1, 0.15) is 0 Å². The fourth-order valence-electron chi connectivity index (χ4n) is 2.74. The summed E-state index contributed by atoms with van der Waals surface area (Å²) in [7, 11) is 3.88. The van der Waals surface area contributed by atoms with E-state index >= 15 is 0 Å². The van der Waals surface area contributed by atoms with E-state index in [2.05, 4.69) is 37.3 Å². The zero-order valence-corrected chi connectivity index (χ0v) is 12.5. The highest BCUT2D eigenvalue weighted by molar-refractivity contribution is 5.40. The minimum Gasteiger partial charge on any atom is -0.357 e. The lowest BCUT2D eigenvalue weighted by atomic mass is 9.95. The van der Waals surface area contributed by atoms with E-state index in [1.54, 1.807) is 10.9 Å². The number of hydrogen-bond donors (Lipinski definition) is 1. The highest BCUT2D eigenvalue weighted by Crippen LogP contribution is 2.24. The van der Waals surface area contributed by atoms with Crippen LogP contribution in [-0.2, 0) is 0 Å². The van der Waals surface area contributed by atoms with Crippen LogP contribution in [0.5, 0.6) is 0 Å². The highest BCUT2D eigenvalue weighted by atomic mass is 15.4. The Morgan fingerprint density at radius 3 is 2.67 bits per heavy atom. The molecule has 7 heteroatoms. The summed E-state index contributed by atoms with van der Waals surface area (Å²) in [4.78, 5) is 15.6. The van der Waals surface area contributed by atoms with Crippen molar-refractivity contribution in [2.24, 2.45) is 0 Å². The molecule has 1 aliphatic rings. The normalized spacial score (nSPS) is 15.9. The summed E-state index contributed by atoms with van der Waals surface area (Å²) in [5, 5.41) is 7.19. The molecule has 1 aliphatic carbocycles. The first-order chi connectivity index (χ1) is 10.3. The van der Waals surface area contributed by atoms with Crippen LogP contribution in [0.25, 0.3) is 5.95 Å². The lowest BCUT2D eigenvalue weighted by Gasteiger charge is -2.31. The van der Waals surface area contributed by atoms with E-state index in [9.17, 15) is 0 Å². The number of nitrogens with zero attached hydrogens (tertiary/aromatic N) is 6. The number of rotatable bonds is 4. The van der Waals surface area contributed by atoms with Crippen molar-refractivity contribution in [3.05, 3.63) is 18.5 Å². The van der Waals surface area contributed by atoms with Gasteiger partial charge in [0.2, 0.25) is 11.9 Å². The average Bonchev–Trinajstić information content (AvgIpc) is 3.09. The van der Waals surface area contributed by atoms with E-state index in [0.29, 0.717) is 23.9 Å². The number of nitrogens with one attached hydrogen (secondary N) is 1. The molecule has 0 radical (unpaired) electrons. The Balaban J connectivity index is 1.91. The minimum absolute atomic E-state index is 0.510. The van der Waals surface area contributed by atoms with Gasteiger partial charge >= 0.3 is 0 Å². The Morgan fingerprint density at radius 1 is 1.19 bits per heavy atom. The molecule has 0 saturated heterocycles. The molecule has 1 N–H and O–H groups in total. The van der Waals surface area contributed by atoms with Gasteiger partial charge in [0, 0.05) is 32.5 Å². The lowest BCUT2D eigenvalue weighted by Crippen LogP contribution is -2.35. The maximum absolute atomic E-state index is 4.56. The van der Waals surface area contributed by atoms with E-state index in [1.165, 1.54) is 32.1 Å². The van der Waals surface area contributed by atoms with Crippen LogP contribution in [-0.4, -0.2) is 44.9 Å². The van der Waals surface area contributed by atoms with Gasteiger partial charge in [-0.05, 0) is 18.9 Å². The lowest BCUT2D eigenvalue weighted by molar-refractivity contribution is 0.424. The summed E-state index contributed by atoms with van der Waals surface area (Å²) in [5.74, 6) is 1.80. The first-order valence-corrected chi connectivity index (χ1v) is 7.44.